The molecule has 2 aromatic carbocycles. The molecule has 0 radical (unpaired) electrons. The van der Waals surface area contributed by atoms with Gasteiger partial charge in [0.15, 0.2) is 11.6 Å². The molecule has 0 spiro atoms. The molecule has 4 nitrogen and oxygen atoms in total. The second kappa shape index (κ2) is 9.14. The molecule has 5 heteroatoms. The summed E-state index contributed by atoms with van der Waals surface area (Å²) in [5.41, 5.74) is 2.85. The van der Waals surface area contributed by atoms with E-state index >= 15 is 0 Å². The van der Waals surface area contributed by atoms with E-state index in [1.165, 1.54) is 13.2 Å². The van der Waals surface area contributed by atoms with Gasteiger partial charge in [0, 0.05) is 18.8 Å². The van der Waals surface area contributed by atoms with E-state index in [4.69, 9.17) is 9.47 Å². The van der Waals surface area contributed by atoms with E-state index < -0.39 is 0 Å². The van der Waals surface area contributed by atoms with Crippen LogP contribution in [-0.4, -0.2) is 12.1 Å². The van der Waals surface area contributed by atoms with Crippen LogP contribution in [0.5, 0.6) is 11.5 Å². The molecule has 0 fully saturated rings. The summed E-state index contributed by atoms with van der Waals surface area (Å²) in [4.78, 5) is 4.25. The zero-order valence-corrected chi connectivity index (χ0v) is 15.5. The number of nitrogens with zero attached hydrogens (tertiary/aromatic N) is 1. The highest BCUT2D eigenvalue weighted by Crippen LogP contribution is 2.22. The fourth-order valence-electron chi connectivity index (χ4n) is 2.73. The van der Waals surface area contributed by atoms with Gasteiger partial charge in [-0.05, 0) is 54.4 Å². The number of rotatable bonds is 8. The third kappa shape index (κ3) is 5.28. The Labute approximate surface area is 159 Å². The summed E-state index contributed by atoms with van der Waals surface area (Å²) < 4.78 is 24.7. The maximum atomic E-state index is 13.9. The lowest BCUT2D eigenvalue weighted by molar-refractivity contribution is 0.301. The number of hydrogen-bond acceptors (Lipinski definition) is 4. The highest BCUT2D eigenvalue weighted by molar-refractivity contribution is 5.31. The first-order valence-electron chi connectivity index (χ1n) is 8.84. The molecule has 1 N–H and O–H groups in total. The Hall–Kier alpha value is -2.92. The van der Waals surface area contributed by atoms with Crippen LogP contribution >= 0.6 is 0 Å². The lowest BCUT2D eigenvalue weighted by atomic mass is 10.1. The zero-order chi connectivity index (χ0) is 19.1. The van der Waals surface area contributed by atoms with Crippen molar-refractivity contribution in [3.63, 3.8) is 0 Å². The number of ether oxygens (including phenoxy) is 2. The summed E-state index contributed by atoms with van der Waals surface area (Å²) in [5.74, 6) is 0.695. The number of hydrogen-bond donors (Lipinski definition) is 1. The van der Waals surface area contributed by atoms with E-state index in [-0.39, 0.29) is 17.6 Å². The number of halogens is 1. The van der Waals surface area contributed by atoms with Crippen molar-refractivity contribution in [1.82, 2.24) is 10.3 Å². The van der Waals surface area contributed by atoms with E-state index in [1.54, 1.807) is 12.3 Å². The van der Waals surface area contributed by atoms with Gasteiger partial charge in [-0.15, -0.1) is 0 Å². The van der Waals surface area contributed by atoms with Gasteiger partial charge in [-0.1, -0.05) is 24.3 Å². The van der Waals surface area contributed by atoms with Crippen molar-refractivity contribution in [2.75, 3.05) is 7.11 Å². The molecular weight excluding hydrogens is 343 g/mol. The monoisotopic (exact) mass is 366 g/mol. The van der Waals surface area contributed by atoms with Gasteiger partial charge < -0.3 is 14.8 Å². The smallest absolute Gasteiger partial charge is 0.165 e. The molecule has 3 aromatic rings. The fraction of sp³-hybridized carbons (Fsp3) is 0.227. The maximum Gasteiger partial charge on any atom is 0.165 e. The Balaban J connectivity index is 1.57. The minimum absolute atomic E-state index is 0.00324. The van der Waals surface area contributed by atoms with Crippen LogP contribution < -0.4 is 14.8 Å². The Kier molecular flexibility index (Phi) is 6.39. The predicted octanol–water partition coefficient (Wildman–Crippen LogP) is 4.66. The van der Waals surface area contributed by atoms with Gasteiger partial charge in [-0.2, -0.15) is 0 Å². The van der Waals surface area contributed by atoms with Gasteiger partial charge >= 0.3 is 0 Å². The van der Waals surface area contributed by atoms with Gasteiger partial charge in [-0.3, -0.25) is 4.98 Å². The van der Waals surface area contributed by atoms with Crippen molar-refractivity contribution in [3.05, 3.63) is 89.5 Å². The highest BCUT2D eigenvalue weighted by Gasteiger charge is 2.09. The van der Waals surface area contributed by atoms with Crippen molar-refractivity contribution in [1.29, 1.82) is 0 Å². The van der Waals surface area contributed by atoms with Crippen molar-refractivity contribution in [2.45, 2.75) is 26.1 Å². The van der Waals surface area contributed by atoms with Crippen molar-refractivity contribution < 1.29 is 13.9 Å². The summed E-state index contributed by atoms with van der Waals surface area (Å²) in [6, 6.07) is 18.7. The van der Waals surface area contributed by atoms with Crippen LogP contribution in [0.15, 0.2) is 66.9 Å². The Morgan fingerprint density at radius 2 is 1.96 bits per heavy atom. The average Bonchev–Trinajstić information content (AvgIpc) is 2.71. The first kappa shape index (κ1) is 18.9. The second-order valence-electron chi connectivity index (χ2n) is 6.25. The summed E-state index contributed by atoms with van der Waals surface area (Å²) in [5, 5.41) is 3.41. The van der Waals surface area contributed by atoms with Crippen LogP contribution in [-0.2, 0) is 13.2 Å². The quantitative estimate of drug-likeness (QED) is 0.630. The molecule has 1 aromatic heterocycles. The fourth-order valence-corrected chi connectivity index (χ4v) is 2.73. The maximum absolute atomic E-state index is 13.9. The Morgan fingerprint density at radius 1 is 1.07 bits per heavy atom. The molecule has 0 aliphatic heterocycles. The van der Waals surface area contributed by atoms with Gasteiger partial charge in [0.25, 0.3) is 0 Å². The van der Waals surface area contributed by atoms with Crippen LogP contribution in [0.1, 0.15) is 29.8 Å². The predicted molar refractivity (Wildman–Crippen MR) is 103 cm³/mol. The average molecular weight is 366 g/mol. The largest absolute Gasteiger partial charge is 0.494 e. The van der Waals surface area contributed by atoms with E-state index in [0.29, 0.717) is 13.2 Å². The molecule has 0 saturated heterocycles. The topological polar surface area (TPSA) is 43.4 Å². The second-order valence-corrected chi connectivity index (χ2v) is 6.25. The van der Waals surface area contributed by atoms with Crippen molar-refractivity contribution in [2.24, 2.45) is 0 Å². The number of pyridine rings is 1. The number of aromatic nitrogens is 1. The number of nitrogens with one attached hydrogen (secondary N) is 1. The first-order chi connectivity index (χ1) is 13.2. The van der Waals surface area contributed by atoms with Gasteiger partial charge in [0.2, 0.25) is 0 Å². The highest BCUT2D eigenvalue weighted by atomic mass is 19.1. The standard InChI is InChI=1S/C22H23FN2O2/c1-16(18-9-10-22(26-2)21(23)13-18)25-14-17-6-5-8-20(12-17)27-15-19-7-3-4-11-24-19/h3-13,16,25H,14-15H2,1-2H3/t16-/m1/s1. The third-order valence-corrected chi connectivity index (χ3v) is 4.30. The molecule has 1 heterocycles. The molecule has 0 aliphatic carbocycles. The molecule has 27 heavy (non-hydrogen) atoms. The molecule has 0 bridgehead atoms. The van der Waals surface area contributed by atoms with E-state index in [1.807, 2.05) is 55.5 Å². The van der Waals surface area contributed by atoms with Crippen LogP contribution in [0.4, 0.5) is 4.39 Å². The number of benzene rings is 2. The van der Waals surface area contributed by atoms with Gasteiger partial charge in [-0.25, -0.2) is 4.39 Å². The number of methoxy groups -OCH3 is 1. The van der Waals surface area contributed by atoms with E-state index in [9.17, 15) is 4.39 Å². The van der Waals surface area contributed by atoms with E-state index in [0.717, 1.165) is 22.6 Å². The minimum Gasteiger partial charge on any atom is -0.494 e. The Bertz CT molecular complexity index is 871. The normalized spacial score (nSPS) is 11.8. The Morgan fingerprint density at radius 3 is 2.70 bits per heavy atom. The molecule has 140 valence electrons. The SMILES string of the molecule is COc1ccc([C@@H](C)NCc2cccc(OCc3ccccn3)c2)cc1F. The first-order valence-corrected chi connectivity index (χ1v) is 8.84. The van der Waals surface area contributed by atoms with Crippen LogP contribution in [0.2, 0.25) is 0 Å². The summed E-state index contributed by atoms with van der Waals surface area (Å²) >= 11 is 0. The van der Waals surface area contributed by atoms with E-state index in [2.05, 4.69) is 10.3 Å². The minimum atomic E-state index is -0.353. The van der Waals surface area contributed by atoms with Gasteiger partial charge in [0.1, 0.15) is 12.4 Å². The van der Waals surface area contributed by atoms with Crippen molar-refractivity contribution in [3.8, 4) is 11.5 Å². The third-order valence-electron chi connectivity index (χ3n) is 4.30. The molecular formula is C22H23FN2O2. The van der Waals surface area contributed by atoms with Crippen LogP contribution in [0.25, 0.3) is 0 Å². The summed E-state index contributed by atoms with van der Waals surface area (Å²) in [6.45, 7) is 3.08. The van der Waals surface area contributed by atoms with Gasteiger partial charge in [0.05, 0.1) is 12.8 Å². The zero-order valence-electron chi connectivity index (χ0n) is 15.5. The molecule has 0 aliphatic rings. The summed E-state index contributed by atoms with van der Waals surface area (Å²) in [6.07, 6.45) is 1.75. The molecule has 1 atom stereocenters. The summed E-state index contributed by atoms with van der Waals surface area (Å²) in [7, 11) is 1.46. The van der Waals surface area contributed by atoms with Crippen LogP contribution in [0, 0.1) is 5.82 Å². The molecule has 3 rings (SSSR count). The molecule has 0 unspecified atom stereocenters. The lowest BCUT2D eigenvalue weighted by Gasteiger charge is -2.16. The lowest BCUT2D eigenvalue weighted by Crippen LogP contribution is -2.18. The van der Waals surface area contributed by atoms with Crippen molar-refractivity contribution >= 4 is 0 Å². The van der Waals surface area contributed by atoms with Crippen LogP contribution in [0.3, 0.4) is 0 Å². The molecule has 0 saturated carbocycles. The molecule has 0 amide bonds.